The maximum absolute atomic E-state index is 13.2. The molecule has 5 heteroatoms. The molecule has 4 rings (SSSR count). The zero-order valence-electron chi connectivity index (χ0n) is 16.2. The Morgan fingerprint density at radius 1 is 0.793 bits per heavy atom. The molecule has 5 nitrogen and oxygen atoms in total. The lowest BCUT2D eigenvalue weighted by molar-refractivity contribution is -0.147. The predicted octanol–water partition coefficient (Wildman–Crippen LogP) is 3.17. The molecule has 148 valence electrons. The molecule has 1 aliphatic heterocycles. The van der Waals surface area contributed by atoms with Gasteiger partial charge in [0.05, 0.1) is 11.8 Å². The van der Waals surface area contributed by atoms with Crippen LogP contribution in [0.5, 0.6) is 0 Å². The summed E-state index contributed by atoms with van der Waals surface area (Å²) in [7, 11) is 0. The van der Waals surface area contributed by atoms with Crippen molar-refractivity contribution in [1.29, 1.82) is 0 Å². The Morgan fingerprint density at radius 3 is 1.69 bits per heavy atom. The average molecular weight is 388 g/mol. The van der Waals surface area contributed by atoms with Crippen molar-refractivity contribution in [2.45, 2.75) is 25.9 Å². The molecule has 2 aromatic carbocycles. The van der Waals surface area contributed by atoms with Crippen molar-refractivity contribution in [2.75, 3.05) is 6.54 Å². The number of nitrogens with zero attached hydrogens (tertiary/aromatic N) is 2. The Morgan fingerprint density at radius 2 is 1.24 bits per heavy atom. The molecule has 2 atom stereocenters. The lowest BCUT2D eigenvalue weighted by Crippen LogP contribution is -2.42. The fourth-order valence-electron chi connectivity index (χ4n) is 4.10. The number of carbonyl (C=O) groups is 3. The van der Waals surface area contributed by atoms with Crippen LogP contribution in [0.3, 0.4) is 0 Å². The van der Waals surface area contributed by atoms with Crippen LogP contribution in [0.25, 0.3) is 0 Å². The third kappa shape index (κ3) is 4.14. The van der Waals surface area contributed by atoms with E-state index in [9.17, 15) is 14.4 Å². The molecule has 1 fully saturated rings. The maximum atomic E-state index is 13.2. The van der Waals surface area contributed by atoms with E-state index in [4.69, 9.17) is 0 Å². The first-order chi connectivity index (χ1) is 14.1. The van der Waals surface area contributed by atoms with Gasteiger partial charge in [-0.25, -0.2) is 0 Å². The summed E-state index contributed by atoms with van der Waals surface area (Å²) in [5.41, 5.74) is 2.02. The Balaban J connectivity index is 1.51. The molecule has 0 aromatic heterocycles. The summed E-state index contributed by atoms with van der Waals surface area (Å²) >= 11 is 0. The van der Waals surface area contributed by atoms with Crippen LogP contribution >= 0.6 is 0 Å². The van der Waals surface area contributed by atoms with Crippen LogP contribution in [0.4, 0.5) is 0 Å². The van der Waals surface area contributed by atoms with Crippen LogP contribution in [-0.2, 0) is 27.5 Å². The number of hydrogen-bond donors (Lipinski definition) is 0. The highest BCUT2D eigenvalue weighted by molar-refractivity contribution is 6.07. The third-order valence-electron chi connectivity index (χ3n) is 5.68. The van der Waals surface area contributed by atoms with Crippen molar-refractivity contribution < 1.29 is 14.4 Å². The van der Waals surface area contributed by atoms with Crippen LogP contribution < -0.4 is 0 Å². The molecule has 1 saturated heterocycles. The number of allylic oxidation sites excluding steroid dienone is 2. The van der Waals surface area contributed by atoms with Crippen LogP contribution in [0.2, 0.25) is 0 Å². The van der Waals surface area contributed by atoms with Gasteiger partial charge in [-0.1, -0.05) is 72.8 Å². The summed E-state index contributed by atoms with van der Waals surface area (Å²) in [5.74, 6) is -1.26. The van der Waals surface area contributed by atoms with E-state index in [0.29, 0.717) is 25.9 Å². The molecule has 2 aliphatic rings. The van der Waals surface area contributed by atoms with Crippen molar-refractivity contribution in [3.63, 3.8) is 0 Å². The molecule has 1 aliphatic carbocycles. The molecule has 0 unspecified atom stereocenters. The highest BCUT2D eigenvalue weighted by atomic mass is 16.2. The van der Waals surface area contributed by atoms with Gasteiger partial charge in [-0.3, -0.25) is 19.3 Å². The molecule has 0 spiro atoms. The van der Waals surface area contributed by atoms with E-state index in [0.717, 1.165) is 11.1 Å². The van der Waals surface area contributed by atoms with Gasteiger partial charge in [0.25, 0.3) is 0 Å². The van der Waals surface area contributed by atoms with Gasteiger partial charge >= 0.3 is 0 Å². The summed E-state index contributed by atoms with van der Waals surface area (Å²) in [5, 5.41) is 0. The Hall–Kier alpha value is -3.21. The smallest absolute Gasteiger partial charge is 0.243 e. The fraction of sp³-hybridized carbons (Fsp3) is 0.292. The summed E-state index contributed by atoms with van der Waals surface area (Å²) in [6, 6.07) is 19.5. The number of fused-ring (bicyclic) bond motifs is 1. The normalized spacial score (nSPS) is 20.6. The van der Waals surface area contributed by atoms with Gasteiger partial charge in [-0.2, -0.15) is 0 Å². The second-order valence-corrected chi connectivity index (χ2v) is 7.64. The van der Waals surface area contributed by atoms with E-state index in [1.165, 1.54) is 4.90 Å². The number of amides is 3. The van der Waals surface area contributed by atoms with E-state index in [1.807, 2.05) is 72.8 Å². The average Bonchev–Trinajstić information content (AvgIpc) is 3.00. The lowest BCUT2D eigenvalue weighted by atomic mass is 9.85. The Bertz CT molecular complexity index is 856. The quantitative estimate of drug-likeness (QED) is 0.564. The Kier molecular flexibility index (Phi) is 5.56. The van der Waals surface area contributed by atoms with Gasteiger partial charge in [-0.15, -0.1) is 0 Å². The van der Waals surface area contributed by atoms with Gasteiger partial charge in [0.15, 0.2) is 0 Å². The fourth-order valence-corrected chi connectivity index (χ4v) is 4.10. The molecular formula is C24H24N2O3. The van der Waals surface area contributed by atoms with E-state index in [1.54, 1.807) is 4.90 Å². The minimum absolute atomic E-state index is 0.190. The van der Waals surface area contributed by atoms with E-state index in [2.05, 4.69) is 0 Å². The highest BCUT2D eigenvalue weighted by Gasteiger charge is 2.47. The third-order valence-corrected chi connectivity index (χ3v) is 5.68. The van der Waals surface area contributed by atoms with Gasteiger partial charge in [0.2, 0.25) is 17.7 Å². The second kappa shape index (κ2) is 8.43. The number of imide groups is 1. The van der Waals surface area contributed by atoms with Crippen molar-refractivity contribution >= 4 is 17.7 Å². The van der Waals surface area contributed by atoms with Crippen molar-refractivity contribution in [3.05, 3.63) is 83.9 Å². The lowest BCUT2D eigenvalue weighted by Gasteiger charge is -2.25. The molecule has 29 heavy (non-hydrogen) atoms. The second-order valence-electron chi connectivity index (χ2n) is 7.64. The summed E-state index contributed by atoms with van der Waals surface area (Å²) in [6.45, 7) is 0.669. The van der Waals surface area contributed by atoms with Crippen molar-refractivity contribution in [3.8, 4) is 0 Å². The molecule has 1 heterocycles. The van der Waals surface area contributed by atoms with Crippen molar-refractivity contribution in [1.82, 2.24) is 9.80 Å². The predicted molar refractivity (Wildman–Crippen MR) is 109 cm³/mol. The first-order valence-corrected chi connectivity index (χ1v) is 9.99. The number of benzene rings is 2. The minimum atomic E-state index is -0.308. The zero-order chi connectivity index (χ0) is 20.2. The summed E-state index contributed by atoms with van der Waals surface area (Å²) < 4.78 is 0. The maximum Gasteiger partial charge on any atom is 0.243 e. The van der Waals surface area contributed by atoms with E-state index < -0.39 is 0 Å². The first kappa shape index (κ1) is 19.1. The molecular weight excluding hydrogens is 364 g/mol. The van der Waals surface area contributed by atoms with Crippen LogP contribution in [0.1, 0.15) is 24.0 Å². The number of likely N-dealkylation sites (tertiary alicyclic amines) is 1. The van der Waals surface area contributed by atoms with E-state index >= 15 is 0 Å². The highest BCUT2D eigenvalue weighted by Crippen LogP contribution is 2.35. The van der Waals surface area contributed by atoms with Gasteiger partial charge in [0, 0.05) is 13.1 Å². The summed E-state index contributed by atoms with van der Waals surface area (Å²) in [6.07, 6.45) is 5.07. The van der Waals surface area contributed by atoms with E-state index in [-0.39, 0.29) is 36.1 Å². The molecule has 2 aromatic rings. The first-order valence-electron chi connectivity index (χ1n) is 9.99. The SMILES string of the molecule is O=C(CN1C(=O)[C@H]2CC=CC[C@H]2C1=O)N(Cc1ccccc1)Cc1ccccc1. The van der Waals surface area contributed by atoms with Crippen LogP contribution in [0, 0.1) is 11.8 Å². The van der Waals surface area contributed by atoms with Gasteiger partial charge in [0.1, 0.15) is 6.54 Å². The molecule has 3 amide bonds. The van der Waals surface area contributed by atoms with Gasteiger partial charge in [-0.05, 0) is 24.0 Å². The number of carbonyl (C=O) groups excluding carboxylic acids is 3. The molecule has 0 saturated carbocycles. The summed E-state index contributed by atoms with van der Waals surface area (Å²) in [4.78, 5) is 41.5. The topological polar surface area (TPSA) is 57.7 Å². The van der Waals surface area contributed by atoms with Gasteiger partial charge < -0.3 is 4.90 Å². The standard InChI is InChI=1S/C24H24N2O3/c27-22(17-26-23(28)20-13-7-8-14-21(20)24(26)29)25(15-18-9-3-1-4-10-18)16-19-11-5-2-6-12-19/h1-12,20-21H,13-17H2/t20-,21+. The van der Waals surface area contributed by atoms with Crippen LogP contribution in [0.15, 0.2) is 72.8 Å². The van der Waals surface area contributed by atoms with Crippen LogP contribution in [-0.4, -0.2) is 34.1 Å². The molecule has 0 radical (unpaired) electrons. The number of rotatable bonds is 6. The van der Waals surface area contributed by atoms with Crippen molar-refractivity contribution in [2.24, 2.45) is 11.8 Å². The molecule has 0 bridgehead atoms. The monoisotopic (exact) mass is 388 g/mol. The molecule has 0 N–H and O–H groups in total. The largest absolute Gasteiger partial charge is 0.332 e. The Labute approximate surface area is 170 Å². The number of hydrogen-bond acceptors (Lipinski definition) is 3. The minimum Gasteiger partial charge on any atom is -0.332 e. The zero-order valence-corrected chi connectivity index (χ0v) is 16.2.